The largest absolute Gasteiger partial charge is 0.496 e. The molecule has 3 aromatic rings. The summed E-state index contributed by atoms with van der Waals surface area (Å²) in [5, 5.41) is 2.73. The number of benzene rings is 1. The lowest BCUT2D eigenvalue weighted by Gasteiger charge is -2.05. The molecule has 0 aliphatic heterocycles. The number of hydrogen-bond donors (Lipinski definition) is 0. The van der Waals surface area contributed by atoms with Crippen LogP contribution in [0.5, 0.6) is 5.75 Å². The Morgan fingerprint density at radius 2 is 2.04 bits per heavy atom. The van der Waals surface area contributed by atoms with E-state index in [0.717, 1.165) is 33.3 Å². The zero-order valence-electron chi connectivity index (χ0n) is 14.1. The second-order valence-electron chi connectivity index (χ2n) is 5.49. The summed E-state index contributed by atoms with van der Waals surface area (Å²) >= 11 is 1.50. The van der Waals surface area contributed by atoms with Gasteiger partial charge in [-0.25, -0.2) is 4.98 Å². The van der Waals surface area contributed by atoms with Crippen LogP contribution >= 0.6 is 11.3 Å². The zero-order chi connectivity index (χ0) is 17.6. The zero-order valence-corrected chi connectivity index (χ0v) is 14.9. The summed E-state index contributed by atoms with van der Waals surface area (Å²) in [5.41, 5.74) is 3.41. The molecule has 5 nitrogen and oxygen atoms in total. The predicted octanol–water partition coefficient (Wildman–Crippen LogP) is 3.81. The first-order chi connectivity index (χ1) is 12.2. The highest BCUT2D eigenvalue weighted by molar-refractivity contribution is 7.13. The molecule has 0 atom stereocenters. The molecule has 2 heterocycles. The highest BCUT2D eigenvalue weighted by Crippen LogP contribution is 2.31. The van der Waals surface area contributed by atoms with Crippen LogP contribution in [-0.2, 0) is 22.6 Å². The number of aryl methyl sites for hydroxylation is 1. The molecule has 2 aromatic heterocycles. The average Bonchev–Trinajstić information content (AvgIpc) is 3.11. The van der Waals surface area contributed by atoms with E-state index in [4.69, 9.17) is 9.47 Å². The molecule has 3 rings (SSSR count). The van der Waals surface area contributed by atoms with Gasteiger partial charge in [-0.05, 0) is 30.7 Å². The van der Waals surface area contributed by atoms with Gasteiger partial charge in [-0.15, -0.1) is 11.3 Å². The van der Waals surface area contributed by atoms with Crippen molar-refractivity contribution in [3.63, 3.8) is 0 Å². The van der Waals surface area contributed by atoms with Crippen molar-refractivity contribution in [2.24, 2.45) is 0 Å². The molecule has 0 saturated carbocycles. The van der Waals surface area contributed by atoms with Crippen LogP contribution in [0.1, 0.15) is 17.0 Å². The fraction of sp³-hybridized carbons (Fsp3) is 0.211. The first-order valence-corrected chi connectivity index (χ1v) is 8.68. The summed E-state index contributed by atoms with van der Waals surface area (Å²) in [4.78, 5) is 20.7. The predicted molar refractivity (Wildman–Crippen MR) is 96.6 cm³/mol. The number of ether oxygens (including phenoxy) is 2. The molecule has 0 radical (unpaired) electrons. The van der Waals surface area contributed by atoms with E-state index in [-0.39, 0.29) is 19.0 Å². The third-order valence-corrected chi connectivity index (χ3v) is 4.52. The van der Waals surface area contributed by atoms with Gasteiger partial charge in [0.1, 0.15) is 17.4 Å². The lowest BCUT2D eigenvalue weighted by atomic mass is 10.2. The monoisotopic (exact) mass is 354 g/mol. The van der Waals surface area contributed by atoms with Crippen LogP contribution in [0.3, 0.4) is 0 Å². The van der Waals surface area contributed by atoms with Gasteiger partial charge < -0.3 is 9.47 Å². The van der Waals surface area contributed by atoms with Crippen molar-refractivity contribution in [3.05, 3.63) is 64.9 Å². The summed E-state index contributed by atoms with van der Waals surface area (Å²) < 4.78 is 10.7. The third kappa shape index (κ3) is 4.42. The van der Waals surface area contributed by atoms with Gasteiger partial charge in [0, 0.05) is 17.3 Å². The highest BCUT2D eigenvalue weighted by Gasteiger charge is 2.11. The Labute approximate surface area is 150 Å². The molecule has 0 aliphatic rings. The Hall–Kier alpha value is -2.73. The number of methoxy groups -OCH3 is 1. The number of nitrogens with zero attached hydrogens (tertiary/aromatic N) is 2. The summed E-state index contributed by atoms with van der Waals surface area (Å²) in [6.45, 7) is 2.06. The Morgan fingerprint density at radius 1 is 1.20 bits per heavy atom. The number of para-hydroxylation sites is 1. The Morgan fingerprint density at radius 3 is 2.80 bits per heavy atom. The molecule has 25 heavy (non-hydrogen) atoms. The first kappa shape index (κ1) is 17.1. The molecular weight excluding hydrogens is 336 g/mol. The summed E-state index contributed by atoms with van der Waals surface area (Å²) in [7, 11) is 1.63. The number of pyridine rings is 1. The fourth-order valence-corrected chi connectivity index (χ4v) is 3.13. The Bertz CT molecular complexity index is 859. The standard InChI is InChI=1S/C19H18N2O3S/c1-13-7-8-14(10-20-13)9-18(22)24-11-15-12-25-19(21-15)16-5-3-4-6-17(16)23-2/h3-8,10,12H,9,11H2,1-2H3. The van der Waals surface area contributed by atoms with E-state index in [9.17, 15) is 4.79 Å². The van der Waals surface area contributed by atoms with Crippen LogP contribution in [-0.4, -0.2) is 23.0 Å². The van der Waals surface area contributed by atoms with Gasteiger partial charge in [0.25, 0.3) is 0 Å². The lowest BCUT2D eigenvalue weighted by Crippen LogP contribution is -2.08. The minimum absolute atomic E-state index is 0.157. The minimum atomic E-state index is -0.294. The maximum absolute atomic E-state index is 12.0. The van der Waals surface area contributed by atoms with Gasteiger partial charge in [-0.1, -0.05) is 18.2 Å². The smallest absolute Gasteiger partial charge is 0.310 e. The van der Waals surface area contributed by atoms with E-state index >= 15 is 0 Å². The molecule has 0 fully saturated rings. The van der Waals surface area contributed by atoms with E-state index in [1.165, 1.54) is 11.3 Å². The maximum Gasteiger partial charge on any atom is 0.310 e. The topological polar surface area (TPSA) is 61.3 Å². The Balaban J connectivity index is 1.60. The van der Waals surface area contributed by atoms with Crippen molar-refractivity contribution in [1.29, 1.82) is 0 Å². The number of thiazole rings is 1. The van der Waals surface area contributed by atoms with E-state index in [1.54, 1.807) is 13.3 Å². The molecule has 0 spiro atoms. The molecule has 1 aromatic carbocycles. The molecule has 0 bridgehead atoms. The fourth-order valence-electron chi connectivity index (χ4n) is 2.29. The molecular formula is C19H18N2O3S. The second-order valence-corrected chi connectivity index (χ2v) is 6.35. The van der Waals surface area contributed by atoms with Crippen LogP contribution in [0.2, 0.25) is 0 Å². The normalized spacial score (nSPS) is 10.5. The summed E-state index contributed by atoms with van der Waals surface area (Å²) in [6, 6.07) is 11.5. The van der Waals surface area contributed by atoms with Crippen LogP contribution in [0.15, 0.2) is 48.0 Å². The maximum atomic E-state index is 12.0. The van der Waals surface area contributed by atoms with Gasteiger partial charge >= 0.3 is 5.97 Å². The molecule has 0 unspecified atom stereocenters. The molecule has 128 valence electrons. The number of carbonyl (C=O) groups excluding carboxylic acids is 1. The van der Waals surface area contributed by atoms with Crippen LogP contribution < -0.4 is 4.74 Å². The van der Waals surface area contributed by atoms with Crippen molar-refractivity contribution in [2.45, 2.75) is 20.0 Å². The van der Waals surface area contributed by atoms with Crippen molar-refractivity contribution >= 4 is 17.3 Å². The van der Waals surface area contributed by atoms with Gasteiger partial charge in [-0.2, -0.15) is 0 Å². The van der Waals surface area contributed by atoms with Crippen LogP contribution in [0, 0.1) is 6.92 Å². The minimum Gasteiger partial charge on any atom is -0.496 e. The number of rotatable bonds is 6. The third-order valence-electron chi connectivity index (χ3n) is 3.59. The quantitative estimate of drug-likeness (QED) is 0.630. The van der Waals surface area contributed by atoms with E-state index in [0.29, 0.717) is 0 Å². The molecule has 0 N–H and O–H groups in total. The highest BCUT2D eigenvalue weighted by atomic mass is 32.1. The lowest BCUT2D eigenvalue weighted by molar-refractivity contribution is -0.144. The number of esters is 1. The summed E-state index contributed by atoms with van der Waals surface area (Å²) in [5.74, 6) is 0.477. The molecule has 0 saturated heterocycles. The van der Waals surface area contributed by atoms with Gasteiger partial charge in [0.05, 0.1) is 24.8 Å². The van der Waals surface area contributed by atoms with Crippen molar-refractivity contribution in [1.82, 2.24) is 9.97 Å². The first-order valence-electron chi connectivity index (χ1n) is 7.80. The number of carbonyl (C=O) groups is 1. The van der Waals surface area contributed by atoms with Gasteiger partial charge in [0.2, 0.25) is 0 Å². The number of hydrogen-bond acceptors (Lipinski definition) is 6. The van der Waals surface area contributed by atoms with Crippen LogP contribution in [0.25, 0.3) is 10.6 Å². The second kappa shape index (κ2) is 7.90. The SMILES string of the molecule is COc1ccccc1-c1nc(COC(=O)Cc2ccc(C)nc2)cs1. The average molecular weight is 354 g/mol. The number of aromatic nitrogens is 2. The van der Waals surface area contributed by atoms with Crippen LogP contribution in [0.4, 0.5) is 0 Å². The van der Waals surface area contributed by atoms with E-state index in [2.05, 4.69) is 9.97 Å². The van der Waals surface area contributed by atoms with E-state index in [1.807, 2.05) is 48.7 Å². The van der Waals surface area contributed by atoms with Crippen molar-refractivity contribution in [3.8, 4) is 16.3 Å². The van der Waals surface area contributed by atoms with Gasteiger partial charge in [0.15, 0.2) is 0 Å². The van der Waals surface area contributed by atoms with Crippen molar-refractivity contribution < 1.29 is 14.3 Å². The van der Waals surface area contributed by atoms with E-state index < -0.39 is 0 Å². The Kier molecular flexibility index (Phi) is 5.40. The summed E-state index contributed by atoms with van der Waals surface area (Å²) in [6.07, 6.45) is 1.90. The van der Waals surface area contributed by atoms with Crippen molar-refractivity contribution in [2.75, 3.05) is 7.11 Å². The molecule has 0 amide bonds. The molecule has 0 aliphatic carbocycles. The van der Waals surface area contributed by atoms with Gasteiger partial charge in [-0.3, -0.25) is 9.78 Å². The molecule has 6 heteroatoms.